The Balaban J connectivity index is 1.35. The highest BCUT2D eigenvalue weighted by Crippen LogP contribution is 2.35. The number of aromatic nitrogens is 3. The standard InChI is InChI=1S/C29H26BrN5O2/c1-2-7-24-31-27(34-14-16-35(17-15-34)29(36)22-10-5-6-11-23(22)30)25-26(33-37-28(25)32-24)21-13-12-19-8-3-4-9-20(19)18-21/h3-6,8-13,18H,2,7,14-17H2,1H3. The molecule has 37 heavy (non-hydrogen) atoms. The van der Waals surface area contributed by atoms with E-state index in [1.807, 2.05) is 41.3 Å². The van der Waals surface area contributed by atoms with Crippen LogP contribution in [0.25, 0.3) is 33.1 Å². The average molecular weight is 556 g/mol. The molecule has 5 aromatic rings. The van der Waals surface area contributed by atoms with E-state index in [2.05, 4.69) is 68.2 Å². The van der Waals surface area contributed by atoms with Crippen LogP contribution in [-0.2, 0) is 6.42 Å². The van der Waals surface area contributed by atoms with Gasteiger partial charge < -0.3 is 14.3 Å². The second-order valence-electron chi connectivity index (χ2n) is 9.25. The first kappa shape index (κ1) is 23.6. The summed E-state index contributed by atoms with van der Waals surface area (Å²) in [6.07, 6.45) is 1.69. The van der Waals surface area contributed by atoms with Crippen LogP contribution in [-0.4, -0.2) is 52.1 Å². The number of benzene rings is 3. The van der Waals surface area contributed by atoms with E-state index < -0.39 is 0 Å². The van der Waals surface area contributed by atoms with E-state index in [9.17, 15) is 4.79 Å². The summed E-state index contributed by atoms with van der Waals surface area (Å²) in [6.45, 7) is 4.64. The molecule has 3 heterocycles. The van der Waals surface area contributed by atoms with Gasteiger partial charge in [0.05, 0.1) is 5.56 Å². The molecular formula is C29H26BrN5O2. The van der Waals surface area contributed by atoms with Crippen LogP contribution in [0, 0.1) is 0 Å². The number of amides is 1. The van der Waals surface area contributed by atoms with E-state index >= 15 is 0 Å². The molecule has 0 saturated carbocycles. The molecule has 1 saturated heterocycles. The van der Waals surface area contributed by atoms with Crippen molar-refractivity contribution in [3.8, 4) is 11.3 Å². The lowest BCUT2D eigenvalue weighted by Gasteiger charge is -2.36. The van der Waals surface area contributed by atoms with Crippen LogP contribution in [0.4, 0.5) is 5.82 Å². The third-order valence-electron chi connectivity index (χ3n) is 6.83. The number of carbonyl (C=O) groups is 1. The second kappa shape index (κ2) is 9.94. The molecule has 186 valence electrons. The Morgan fingerprint density at radius 2 is 1.70 bits per heavy atom. The van der Waals surface area contributed by atoms with Crippen LogP contribution in [0.3, 0.4) is 0 Å². The van der Waals surface area contributed by atoms with Crippen LogP contribution in [0.5, 0.6) is 0 Å². The Hall–Kier alpha value is -3.78. The van der Waals surface area contributed by atoms with Gasteiger partial charge in [-0.3, -0.25) is 4.79 Å². The van der Waals surface area contributed by atoms with E-state index in [4.69, 9.17) is 9.51 Å². The van der Waals surface area contributed by atoms with Gasteiger partial charge in [0.1, 0.15) is 22.7 Å². The molecule has 0 spiro atoms. The minimum absolute atomic E-state index is 0.0356. The maximum Gasteiger partial charge on any atom is 0.263 e. The summed E-state index contributed by atoms with van der Waals surface area (Å²) in [5.41, 5.74) is 2.89. The zero-order valence-corrected chi connectivity index (χ0v) is 22.1. The molecule has 7 nitrogen and oxygen atoms in total. The van der Waals surface area contributed by atoms with Crippen molar-refractivity contribution in [2.24, 2.45) is 0 Å². The van der Waals surface area contributed by atoms with Gasteiger partial charge in [-0.05, 0) is 51.3 Å². The fraction of sp³-hybridized carbons (Fsp3) is 0.241. The summed E-state index contributed by atoms with van der Waals surface area (Å²) in [5, 5.41) is 7.58. The highest BCUT2D eigenvalue weighted by atomic mass is 79.9. The zero-order chi connectivity index (χ0) is 25.4. The summed E-state index contributed by atoms with van der Waals surface area (Å²) < 4.78 is 6.58. The molecule has 1 aliphatic rings. The quantitative estimate of drug-likeness (QED) is 0.260. The minimum Gasteiger partial charge on any atom is -0.352 e. The molecule has 1 fully saturated rings. The molecule has 0 aliphatic carbocycles. The van der Waals surface area contributed by atoms with Gasteiger partial charge in [-0.15, -0.1) is 0 Å². The molecule has 1 aliphatic heterocycles. The molecule has 0 N–H and O–H groups in total. The van der Waals surface area contributed by atoms with E-state index in [-0.39, 0.29) is 5.91 Å². The van der Waals surface area contributed by atoms with Crippen LogP contribution in [0.1, 0.15) is 29.5 Å². The Bertz CT molecular complexity index is 1610. The highest BCUT2D eigenvalue weighted by molar-refractivity contribution is 9.10. The lowest BCUT2D eigenvalue weighted by atomic mass is 10.0. The molecule has 0 unspecified atom stereocenters. The van der Waals surface area contributed by atoms with Crippen molar-refractivity contribution in [2.45, 2.75) is 19.8 Å². The number of piperazine rings is 1. The fourth-order valence-corrected chi connectivity index (χ4v) is 5.36. The van der Waals surface area contributed by atoms with Crippen LogP contribution < -0.4 is 4.90 Å². The Kier molecular flexibility index (Phi) is 6.34. The first-order valence-corrected chi connectivity index (χ1v) is 13.4. The summed E-state index contributed by atoms with van der Waals surface area (Å²) in [7, 11) is 0. The first-order chi connectivity index (χ1) is 18.1. The van der Waals surface area contributed by atoms with Crippen LogP contribution in [0.2, 0.25) is 0 Å². The molecule has 0 radical (unpaired) electrons. The number of carbonyl (C=O) groups excluding carboxylic acids is 1. The molecule has 0 atom stereocenters. The summed E-state index contributed by atoms with van der Waals surface area (Å²) in [6, 6.07) is 22.1. The topological polar surface area (TPSA) is 75.4 Å². The number of anilines is 1. The second-order valence-corrected chi connectivity index (χ2v) is 10.1. The van der Waals surface area contributed by atoms with Crippen molar-refractivity contribution in [1.82, 2.24) is 20.0 Å². The van der Waals surface area contributed by atoms with Crippen molar-refractivity contribution in [3.63, 3.8) is 0 Å². The number of nitrogens with zero attached hydrogens (tertiary/aromatic N) is 5. The predicted octanol–water partition coefficient (Wildman–Crippen LogP) is 6.12. The Morgan fingerprint density at radius 3 is 2.49 bits per heavy atom. The zero-order valence-electron chi connectivity index (χ0n) is 20.5. The SMILES string of the molecule is CCCc1nc(N2CCN(C(=O)c3ccccc3Br)CC2)c2c(-c3ccc4ccccc4c3)noc2n1. The Labute approximate surface area is 223 Å². The maximum atomic E-state index is 13.1. The van der Waals surface area contributed by atoms with Gasteiger partial charge in [0.15, 0.2) is 0 Å². The number of hydrogen-bond acceptors (Lipinski definition) is 6. The number of halogens is 1. The van der Waals surface area contributed by atoms with Gasteiger partial charge in [-0.2, -0.15) is 4.98 Å². The van der Waals surface area contributed by atoms with Gasteiger partial charge in [-0.1, -0.05) is 60.6 Å². The number of aryl methyl sites for hydroxylation is 1. The van der Waals surface area contributed by atoms with Crippen LogP contribution in [0.15, 0.2) is 75.7 Å². The van der Waals surface area contributed by atoms with E-state index in [0.717, 1.165) is 51.0 Å². The summed E-state index contributed by atoms with van der Waals surface area (Å²) in [4.78, 5) is 26.9. The molecule has 8 heteroatoms. The van der Waals surface area contributed by atoms with Gasteiger partial charge in [-0.25, -0.2) is 4.98 Å². The van der Waals surface area contributed by atoms with Gasteiger partial charge >= 0.3 is 0 Å². The van der Waals surface area contributed by atoms with E-state index in [1.54, 1.807) is 0 Å². The summed E-state index contributed by atoms with van der Waals surface area (Å²) >= 11 is 3.51. The lowest BCUT2D eigenvalue weighted by Crippen LogP contribution is -2.49. The van der Waals surface area contributed by atoms with E-state index in [1.165, 1.54) is 5.39 Å². The normalized spacial score (nSPS) is 14.0. The van der Waals surface area contributed by atoms with Crippen molar-refractivity contribution in [2.75, 3.05) is 31.1 Å². The molecule has 2 aromatic heterocycles. The minimum atomic E-state index is 0.0356. The predicted molar refractivity (Wildman–Crippen MR) is 149 cm³/mol. The van der Waals surface area contributed by atoms with E-state index in [0.29, 0.717) is 37.5 Å². The third kappa shape index (κ3) is 4.46. The van der Waals surface area contributed by atoms with Crippen molar-refractivity contribution in [1.29, 1.82) is 0 Å². The summed E-state index contributed by atoms with van der Waals surface area (Å²) in [5.74, 6) is 1.61. The largest absolute Gasteiger partial charge is 0.352 e. The smallest absolute Gasteiger partial charge is 0.263 e. The lowest BCUT2D eigenvalue weighted by molar-refractivity contribution is 0.0745. The molecule has 1 amide bonds. The number of rotatable bonds is 5. The average Bonchev–Trinajstić information content (AvgIpc) is 3.37. The van der Waals surface area contributed by atoms with Gasteiger partial charge in [0.25, 0.3) is 11.6 Å². The van der Waals surface area contributed by atoms with Gasteiger partial charge in [0.2, 0.25) is 0 Å². The van der Waals surface area contributed by atoms with Crippen LogP contribution >= 0.6 is 15.9 Å². The van der Waals surface area contributed by atoms with Crippen molar-refractivity contribution < 1.29 is 9.32 Å². The van der Waals surface area contributed by atoms with Crippen molar-refractivity contribution in [3.05, 3.63) is 82.6 Å². The number of hydrogen-bond donors (Lipinski definition) is 0. The van der Waals surface area contributed by atoms with Gasteiger partial charge in [0, 0.05) is 42.6 Å². The molecular weight excluding hydrogens is 530 g/mol. The monoisotopic (exact) mass is 555 g/mol. The first-order valence-electron chi connectivity index (χ1n) is 12.6. The highest BCUT2D eigenvalue weighted by Gasteiger charge is 2.28. The number of fused-ring (bicyclic) bond motifs is 2. The Morgan fingerprint density at radius 1 is 0.946 bits per heavy atom. The third-order valence-corrected chi connectivity index (χ3v) is 7.52. The van der Waals surface area contributed by atoms with Crippen molar-refractivity contribution >= 4 is 49.5 Å². The molecule has 3 aromatic carbocycles. The fourth-order valence-electron chi connectivity index (χ4n) is 4.90. The maximum absolute atomic E-state index is 13.1. The molecule has 6 rings (SSSR count). The molecule has 0 bridgehead atoms.